The summed E-state index contributed by atoms with van der Waals surface area (Å²) in [6, 6.07) is 0. The molecule has 0 bridgehead atoms. The average molecular weight is 366 g/mol. The molecular weight excluding hydrogens is 312 g/mol. The zero-order valence-electron chi connectivity index (χ0n) is 19.2. The summed E-state index contributed by atoms with van der Waals surface area (Å²) in [6.45, 7) is 9.36. The summed E-state index contributed by atoms with van der Waals surface area (Å²) in [5.41, 5.74) is 0. The number of hydrogen-bond acceptors (Lipinski definition) is 0. The van der Waals surface area contributed by atoms with E-state index in [1.807, 2.05) is 0 Å². The molecule has 0 saturated carbocycles. The lowest BCUT2D eigenvalue weighted by molar-refractivity contribution is 0.379. The van der Waals surface area contributed by atoms with E-state index >= 15 is 0 Å². The molecule has 0 aliphatic carbocycles. The highest BCUT2D eigenvalue weighted by Gasteiger charge is 2.15. The van der Waals surface area contributed by atoms with Crippen molar-refractivity contribution in [3.63, 3.8) is 0 Å². The number of hydrogen-bond donors (Lipinski definition) is 0. The van der Waals surface area contributed by atoms with E-state index in [2.05, 4.69) is 34.1 Å². The van der Waals surface area contributed by atoms with Crippen LogP contribution in [0.2, 0.25) is 0 Å². The first kappa shape index (κ1) is 26.0. The van der Waals surface area contributed by atoms with Crippen molar-refractivity contribution in [2.24, 2.45) is 11.8 Å². The fraction of sp³-hybridized carbons (Fsp3) is 0.962. The van der Waals surface area contributed by atoms with Gasteiger partial charge in [-0.05, 0) is 18.3 Å². The standard InChI is InChI=1S/C26H53/c1-5-9-12-15-18-21-25(8-4)24-26(22-19-16-13-10-6-2)23-20-17-14-11-7-3/h24-26H,5-23H2,1-4H3. The van der Waals surface area contributed by atoms with Crippen LogP contribution in [0.15, 0.2) is 0 Å². The van der Waals surface area contributed by atoms with Gasteiger partial charge in [0.1, 0.15) is 0 Å². The molecule has 1 atom stereocenters. The topological polar surface area (TPSA) is 0 Å². The van der Waals surface area contributed by atoms with Crippen molar-refractivity contribution in [2.75, 3.05) is 0 Å². The van der Waals surface area contributed by atoms with E-state index in [0.29, 0.717) is 0 Å². The smallest absolute Gasteiger partial charge is 0.0324 e. The van der Waals surface area contributed by atoms with Crippen molar-refractivity contribution in [1.29, 1.82) is 0 Å². The highest BCUT2D eigenvalue weighted by Crippen LogP contribution is 2.28. The Morgan fingerprint density at radius 2 is 0.769 bits per heavy atom. The third kappa shape index (κ3) is 17.4. The van der Waals surface area contributed by atoms with Crippen molar-refractivity contribution in [1.82, 2.24) is 0 Å². The Kier molecular flexibility index (Phi) is 21.3. The lowest BCUT2D eigenvalue weighted by Gasteiger charge is -2.23. The summed E-state index contributed by atoms with van der Waals surface area (Å²) in [4.78, 5) is 0. The zero-order valence-corrected chi connectivity index (χ0v) is 19.2. The van der Waals surface area contributed by atoms with Crippen LogP contribution in [0, 0.1) is 18.3 Å². The normalized spacial score (nSPS) is 12.8. The van der Waals surface area contributed by atoms with Crippen LogP contribution < -0.4 is 0 Å². The molecule has 0 aromatic rings. The van der Waals surface area contributed by atoms with Gasteiger partial charge in [0.05, 0.1) is 0 Å². The first-order valence-electron chi connectivity index (χ1n) is 12.6. The van der Waals surface area contributed by atoms with Gasteiger partial charge in [0.2, 0.25) is 0 Å². The van der Waals surface area contributed by atoms with Crippen LogP contribution >= 0.6 is 0 Å². The molecule has 26 heavy (non-hydrogen) atoms. The maximum absolute atomic E-state index is 2.81. The Bertz CT molecular complexity index is 230. The number of rotatable bonds is 21. The van der Waals surface area contributed by atoms with Crippen LogP contribution in [-0.4, -0.2) is 0 Å². The minimum Gasteiger partial charge on any atom is -0.0654 e. The fourth-order valence-corrected chi connectivity index (χ4v) is 4.19. The molecule has 0 aromatic heterocycles. The molecule has 1 radical (unpaired) electrons. The Morgan fingerprint density at radius 1 is 0.423 bits per heavy atom. The molecule has 157 valence electrons. The summed E-state index contributed by atoms with van der Waals surface area (Å²) in [5.74, 6) is 1.78. The molecule has 0 nitrogen and oxygen atoms in total. The molecule has 0 N–H and O–H groups in total. The summed E-state index contributed by atoms with van der Waals surface area (Å²) in [5, 5.41) is 0. The maximum Gasteiger partial charge on any atom is -0.0324 e. The Morgan fingerprint density at radius 3 is 1.12 bits per heavy atom. The lowest BCUT2D eigenvalue weighted by Crippen LogP contribution is -2.10. The zero-order chi connectivity index (χ0) is 19.3. The van der Waals surface area contributed by atoms with E-state index in [1.54, 1.807) is 0 Å². The van der Waals surface area contributed by atoms with Crippen molar-refractivity contribution in [2.45, 2.75) is 150 Å². The van der Waals surface area contributed by atoms with Gasteiger partial charge in [-0.3, -0.25) is 0 Å². The van der Waals surface area contributed by atoms with Crippen LogP contribution in [0.1, 0.15) is 150 Å². The van der Waals surface area contributed by atoms with Gasteiger partial charge in [-0.15, -0.1) is 0 Å². The fourth-order valence-electron chi connectivity index (χ4n) is 4.19. The van der Waals surface area contributed by atoms with Gasteiger partial charge in [0.25, 0.3) is 0 Å². The maximum atomic E-state index is 2.81. The van der Waals surface area contributed by atoms with Crippen LogP contribution in [-0.2, 0) is 0 Å². The van der Waals surface area contributed by atoms with Gasteiger partial charge in [0.15, 0.2) is 0 Å². The molecule has 0 aromatic carbocycles. The molecule has 0 aliphatic heterocycles. The Balaban J connectivity index is 4.12. The predicted molar refractivity (Wildman–Crippen MR) is 122 cm³/mol. The molecule has 0 heteroatoms. The third-order valence-electron chi connectivity index (χ3n) is 6.10. The average Bonchev–Trinajstić information content (AvgIpc) is 2.66. The molecule has 0 heterocycles. The molecular formula is C26H53. The Hall–Kier alpha value is 0. The first-order chi connectivity index (χ1) is 12.8. The largest absolute Gasteiger partial charge is 0.0654 e. The van der Waals surface area contributed by atoms with E-state index in [-0.39, 0.29) is 0 Å². The quantitative estimate of drug-likeness (QED) is 0.177. The van der Waals surface area contributed by atoms with Gasteiger partial charge >= 0.3 is 0 Å². The van der Waals surface area contributed by atoms with Crippen LogP contribution in [0.4, 0.5) is 0 Å². The summed E-state index contributed by atoms with van der Waals surface area (Å²) in [6.07, 6.45) is 30.0. The van der Waals surface area contributed by atoms with Crippen LogP contribution in [0.25, 0.3) is 0 Å². The summed E-state index contributed by atoms with van der Waals surface area (Å²) >= 11 is 0. The SMILES string of the molecule is CCCCCCCC([CH]C(CCCCCCC)CCCCCCC)CC. The van der Waals surface area contributed by atoms with Gasteiger partial charge < -0.3 is 0 Å². The summed E-state index contributed by atoms with van der Waals surface area (Å²) < 4.78 is 0. The summed E-state index contributed by atoms with van der Waals surface area (Å²) in [7, 11) is 0. The molecule has 0 spiro atoms. The molecule has 0 aliphatic rings. The van der Waals surface area contributed by atoms with Gasteiger partial charge in [-0.2, -0.15) is 0 Å². The second-order valence-electron chi connectivity index (χ2n) is 8.73. The predicted octanol–water partition coefficient (Wildman–Crippen LogP) is 9.91. The van der Waals surface area contributed by atoms with Crippen molar-refractivity contribution < 1.29 is 0 Å². The van der Waals surface area contributed by atoms with Crippen molar-refractivity contribution in [3.8, 4) is 0 Å². The lowest BCUT2D eigenvalue weighted by atomic mass is 9.83. The van der Waals surface area contributed by atoms with E-state index in [9.17, 15) is 0 Å². The molecule has 1 unspecified atom stereocenters. The van der Waals surface area contributed by atoms with Crippen LogP contribution in [0.3, 0.4) is 0 Å². The first-order valence-corrected chi connectivity index (χ1v) is 12.6. The van der Waals surface area contributed by atoms with E-state index in [4.69, 9.17) is 0 Å². The second kappa shape index (κ2) is 21.3. The molecule has 0 fully saturated rings. The minimum atomic E-state index is 0.882. The van der Waals surface area contributed by atoms with Crippen molar-refractivity contribution in [3.05, 3.63) is 6.42 Å². The van der Waals surface area contributed by atoms with E-state index < -0.39 is 0 Å². The van der Waals surface area contributed by atoms with Crippen molar-refractivity contribution >= 4 is 0 Å². The highest BCUT2D eigenvalue weighted by molar-refractivity contribution is 4.83. The van der Waals surface area contributed by atoms with E-state index in [1.165, 1.54) is 122 Å². The van der Waals surface area contributed by atoms with Gasteiger partial charge in [-0.25, -0.2) is 0 Å². The second-order valence-corrected chi connectivity index (χ2v) is 8.73. The molecule has 0 rings (SSSR count). The van der Waals surface area contributed by atoms with Gasteiger partial charge in [-0.1, -0.05) is 150 Å². The monoisotopic (exact) mass is 365 g/mol. The number of unbranched alkanes of at least 4 members (excludes halogenated alkanes) is 12. The highest BCUT2D eigenvalue weighted by atomic mass is 14.2. The van der Waals surface area contributed by atoms with E-state index in [0.717, 1.165) is 11.8 Å². The molecule has 0 saturated heterocycles. The Labute approximate surface area is 168 Å². The minimum absolute atomic E-state index is 0.882. The third-order valence-corrected chi connectivity index (χ3v) is 6.10. The van der Waals surface area contributed by atoms with Crippen LogP contribution in [0.5, 0.6) is 0 Å². The molecule has 0 amide bonds. The van der Waals surface area contributed by atoms with Gasteiger partial charge in [0, 0.05) is 0 Å².